The van der Waals surface area contributed by atoms with E-state index in [1.54, 1.807) is 18.2 Å². The lowest BCUT2D eigenvalue weighted by Gasteiger charge is -1.90. The molecule has 0 unspecified atom stereocenters. The first-order chi connectivity index (χ1) is 6.72. The van der Waals surface area contributed by atoms with Crippen molar-refractivity contribution in [2.75, 3.05) is 0 Å². The quantitative estimate of drug-likeness (QED) is 0.665. The molecule has 2 aromatic rings. The van der Waals surface area contributed by atoms with Gasteiger partial charge < -0.3 is 4.98 Å². The fourth-order valence-electron chi connectivity index (χ4n) is 1.27. The molecule has 0 aliphatic heterocycles. The lowest BCUT2D eigenvalue weighted by atomic mass is 10.1. The van der Waals surface area contributed by atoms with E-state index in [-0.39, 0.29) is 0 Å². The van der Waals surface area contributed by atoms with Crippen molar-refractivity contribution in [1.29, 1.82) is 5.26 Å². The summed E-state index contributed by atoms with van der Waals surface area (Å²) in [5.41, 5.74) is 1.55. The highest BCUT2D eigenvalue weighted by molar-refractivity contribution is 5.97. The molecule has 0 aliphatic rings. The van der Waals surface area contributed by atoms with E-state index in [4.69, 9.17) is 6.63 Å². The molecule has 1 aromatic heterocycles. The molecule has 0 atom stereocenters. The second kappa shape index (κ2) is 2.76. The smallest absolute Gasteiger partial charge is 0.152 e. The van der Waals surface area contributed by atoms with Gasteiger partial charge in [0, 0.05) is 22.7 Å². The molecule has 3 nitrogen and oxygen atoms in total. The normalized spacial score (nSPS) is 10.8. The summed E-state index contributed by atoms with van der Waals surface area (Å²) >= 11 is 0. The predicted octanol–water partition coefficient (Wildman–Crippen LogP) is 1.85. The van der Waals surface area contributed by atoms with Crippen LogP contribution in [-0.2, 0) is 0 Å². The summed E-state index contributed by atoms with van der Waals surface area (Å²) in [7, 11) is 0. The van der Waals surface area contributed by atoms with Crippen molar-refractivity contribution in [3.05, 3.63) is 35.5 Å². The Hall–Kier alpha value is -2.08. The molecule has 13 heavy (non-hydrogen) atoms. The molecule has 3 heteroatoms. The largest absolute Gasteiger partial charge is 0.360 e. The highest BCUT2D eigenvalue weighted by Crippen LogP contribution is 2.17. The third-order valence-corrected chi connectivity index (χ3v) is 1.92. The molecular formula is C10H6N2O. The predicted molar refractivity (Wildman–Crippen MR) is 48.4 cm³/mol. The number of carbonyl (C=O) groups is 1. The fourth-order valence-corrected chi connectivity index (χ4v) is 1.27. The first kappa shape index (κ1) is 6.44. The van der Waals surface area contributed by atoms with Crippen LogP contribution < -0.4 is 0 Å². The van der Waals surface area contributed by atoms with Crippen molar-refractivity contribution in [3.8, 4) is 6.07 Å². The van der Waals surface area contributed by atoms with Gasteiger partial charge in [-0.1, -0.05) is 0 Å². The van der Waals surface area contributed by atoms with E-state index >= 15 is 0 Å². The highest BCUT2D eigenvalue weighted by atomic mass is 16.1. The van der Waals surface area contributed by atoms with Crippen molar-refractivity contribution < 1.29 is 6.17 Å². The third kappa shape index (κ3) is 1.09. The maximum Gasteiger partial charge on any atom is 0.152 e. The fraction of sp³-hybridized carbons (Fsp3) is 0. The van der Waals surface area contributed by atoms with E-state index in [9.17, 15) is 4.79 Å². The number of aldehydes is 1. The van der Waals surface area contributed by atoms with Gasteiger partial charge in [0.05, 0.1) is 11.6 Å². The lowest BCUT2D eigenvalue weighted by Crippen LogP contribution is -1.77. The molecule has 0 fully saturated rings. The number of H-pyrrole nitrogens is 1. The number of hydrogen-bond acceptors (Lipinski definition) is 2. The minimum absolute atomic E-state index is 0.303. The van der Waals surface area contributed by atoms with Gasteiger partial charge >= 0.3 is 0 Å². The molecule has 62 valence electrons. The number of nitrogens with zero attached hydrogens (tertiary/aromatic N) is 1. The molecule has 0 saturated carbocycles. The number of nitrogens with one attached hydrogen (secondary N) is 1. The first-order valence-corrected chi connectivity index (χ1v) is 3.74. The van der Waals surface area contributed by atoms with Crippen LogP contribution in [0.5, 0.6) is 0 Å². The highest BCUT2D eigenvalue weighted by Gasteiger charge is 2.02. The molecule has 0 aliphatic carbocycles. The summed E-state index contributed by atoms with van der Waals surface area (Å²) in [6.45, 7) is 0. The molecule has 0 amide bonds. The molecule has 1 N–H and O–H groups in total. The summed E-state index contributed by atoms with van der Waals surface area (Å²) in [6.07, 6.45) is 0.743. The number of benzene rings is 1. The van der Waals surface area contributed by atoms with Gasteiger partial charge in [0.25, 0.3) is 0 Å². The van der Waals surface area contributed by atoms with E-state index in [2.05, 4.69) is 4.98 Å². The first-order valence-electron chi connectivity index (χ1n) is 4.24. The summed E-state index contributed by atoms with van der Waals surface area (Å²) in [5.74, 6) is 0. The van der Waals surface area contributed by atoms with Gasteiger partial charge in [-0.2, -0.15) is 5.26 Å². The summed E-state index contributed by atoms with van der Waals surface area (Å²) in [5, 5.41) is 9.30. The van der Waals surface area contributed by atoms with Crippen LogP contribution in [0.3, 0.4) is 0 Å². The lowest BCUT2D eigenvalue weighted by molar-refractivity contribution is 0.112. The zero-order valence-corrected chi connectivity index (χ0v) is 6.66. The average molecular weight is 171 g/mol. The Bertz CT molecular complexity index is 551. The third-order valence-electron chi connectivity index (χ3n) is 1.92. The molecular weight excluding hydrogens is 164 g/mol. The SMILES string of the molecule is [2H]C(=O)c1c[nH]c2ccc(C#N)cc12. The molecule has 0 bridgehead atoms. The molecule has 1 heterocycles. The number of fused-ring (bicyclic) bond motifs is 1. The summed E-state index contributed by atoms with van der Waals surface area (Å²) in [4.78, 5) is 13.8. The Morgan fingerprint density at radius 2 is 2.46 bits per heavy atom. The number of carbonyl (C=O) groups excluding carboxylic acids is 1. The van der Waals surface area contributed by atoms with Crippen molar-refractivity contribution >= 4 is 17.2 Å². The molecule has 0 saturated heterocycles. The molecule has 0 radical (unpaired) electrons. The topological polar surface area (TPSA) is 56.6 Å². The second-order valence-corrected chi connectivity index (χ2v) is 2.68. The van der Waals surface area contributed by atoms with Crippen LogP contribution >= 0.6 is 0 Å². The van der Waals surface area contributed by atoms with Gasteiger partial charge in [-0.25, -0.2) is 0 Å². The van der Waals surface area contributed by atoms with Crippen molar-refractivity contribution in [1.82, 2.24) is 4.98 Å². The Morgan fingerprint density at radius 3 is 3.15 bits per heavy atom. The Labute approximate surface area is 76.0 Å². The molecule has 1 aromatic carbocycles. The Kier molecular flexibility index (Phi) is 1.37. The summed E-state index contributed by atoms with van der Waals surface area (Å²) in [6, 6.07) is 6.98. The van der Waals surface area contributed by atoms with Gasteiger partial charge in [-0.05, 0) is 18.2 Å². The minimum atomic E-state index is -0.744. The van der Waals surface area contributed by atoms with Crippen LogP contribution in [0.25, 0.3) is 10.9 Å². The van der Waals surface area contributed by atoms with Gasteiger partial charge in [0.15, 0.2) is 6.26 Å². The zero-order valence-electron chi connectivity index (χ0n) is 7.66. The summed E-state index contributed by atoms with van der Waals surface area (Å²) < 4.78 is 7.00. The van der Waals surface area contributed by atoms with Crippen LogP contribution in [0.4, 0.5) is 0 Å². The van der Waals surface area contributed by atoms with Crippen molar-refractivity contribution in [3.63, 3.8) is 0 Å². The number of nitriles is 1. The molecule has 2 rings (SSSR count). The van der Waals surface area contributed by atoms with Crippen LogP contribution in [0, 0.1) is 11.3 Å². The van der Waals surface area contributed by atoms with Crippen molar-refractivity contribution in [2.45, 2.75) is 0 Å². The van der Waals surface area contributed by atoms with Crippen LogP contribution in [0.15, 0.2) is 24.4 Å². The maximum atomic E-state index is 10.9. The second-order valence-electron chi connectivity index (χ2n) is 2.68. The van der Waals surface area contributed by atoms with E-state index < -0.39 is 6.26 Å². The Balaban J connectivity index is 2.77. The zero-order chi connectivity index (χ0) is 10.1. The van der Waals surface area contributed by atoms with Gasteiger partial charge in [0.1, 0.15) is 1.37 Å². The van der Waals surface area contributed by atoms with Crippen LogP contribution in [0.2, 0.25) is 0 Å². The Morgan fingerprint density at radius 1 is 1.62 bits per heavy atom. The number of hydrogen-bond donors (Lipinski definition) is 1. The number of aromatic nitrogens is 1. The van der Waals surface area contributed by atoms with Crippen LogP contribution in [-0.4, -0.2) is 11.2 Å². The number of aromatic amines is 1. The minimum Gasteiger partial charge on any atom is -0.360 e. The standard InChI is InChI=1S/C10H6N2O/c11-4-7-1-2-10-9(3-7)8(6-13)5-12-10/h1-3,5-6,12H/i6D. The average Bonchev–Trinajstić information content (AvgIpc) is 2.59. The molecule has 0 spiro atoms. The van der Waals surface area contributed by atoms with Crippen molar-refractivity contribution in [2.24, 2.45) is 0 Å². The van der Waals surface area contributed by atoms with E-state index in [1.807, 2.05) is 6.07 Å². The van der Waals surface area contributed by atoms with E-state index in [0.717, 1.165) is 5.52 Å². The van der Waals surface area contributed by atoms with E-state index in [1.165, 1.54) is 6.20 Å². The van der Waals surface area contributed by atoms with Gasteiger partial charge in [-0.3, -0.25) is 4.79 Å². The van der Waals surface area contributed by atoms with Crippen LogP contribution in [0.1, 0.15) is 17.3 Å². The monoisotopic (exact) mass is 171 g/mol. The van der Waals surface area contributed by atoms with Gasteiger partial charge in [0.2, 0.25) is 0 Å². The maximum absolute atomic E-state index is 10.9. The van der Waals surface area contributed by atoms with Gasteiger partial charge in [-0.15, -0.1) is 0 Å². The van der Waals surface area contributed by atoms with E-state index in [0.29, 0.717) is 16.5 Å². The number of rotatable bonds is 1.